The average molecular weight is 265 g/mol. The molecule has 4 heteroatoms. The van der Waals surface area contributed by atoms with Crippen LogP contribution in [-0.2, 0) is 0 Å². The van der Waals surface area contributed by atoms with Crippen LogP contribution >= 0.6 is 0 Å². The third kappa shape index (κ3) is 2.67. The molecule has 0 aliphatic heterocycles. The van der Waals surface area contributed by atoms with E-state index in [4.69, 9.17) is 5.26 Å². The molecule has 20 heavy (non-hydrogen) atoms. The summed E-state index contributed by atoms with van der Waals surface area (Å²) < 4.78 is 0. The van der Waals surface area contributed by atoms with E-state index in [9.17, 15) is 4.79 Å². The number of anilines is 1. The van der Waals surface area contributed by atoms with Gasteiger partial charge in [-0.15, -0.1) is 0 Å². The Balaban J connectivity index is 2.30. The largest absolute Gasteiger partial charge is 0.310 e. The molecule has 2 aromatic rings. The molecule has 0 aliphatic carbocycles. The van der Waals surface area contributed by atoms with E-state index in [2.05, 4.69) is 4.98 Å². The summed E-state index contributed by atoms with van der Waals surface area (Å²) in [5.74, 6) is -0.193. The summed E-state index contributed by atoms with van der Waals surface area (Å²) in [5.41, 5.74) is 3.81. The molecular weight excluding hydrogens is 250 g/mol. The van der Waals surface area contributed by atoms with Crippen LogP contribution in [0.1, 0.15) is 27.2 Å². The number of amides is 1. The minimum absolute atomic E-state index is 0.193. The molecule has 0 bridgehead atoms. The fraction of sp³-hybridized carbons (Fsp3) is 0.188. The van der Waals surface area contributed by atoms with Crippen molar-refractivity contribution in [3.63, 3.8) is 0 Å². The Labute approximate surface area is 118 Å². The van der Waals surface area contributed by atoms with Gasteiger partial charge in [-0.05, 0) is 37.6 Å². The van der Waals surface area contributed by atoms with Crippen LogP contribution in [-0.4, -0.2) is 17.9 Å². The summed E-state index contributed by atoms with van der Waals surface area (Å²) in [6.45, 7) is 3.99. The van der Waals surface area contributed by atoms with Crippen molar-refractivity contribution in [2.45, 2.75) is 13.8 Å². The third-order valence-corrected chi connectivity index (χ3v) is 3.13. The van der Waals surface area contributed by atoms with Crippen molar-refractivity contribution in [3.05, 3.63) is 58.9 Å². The summed E-state index contributed by atoms with van der Waals surface area (Å²) in [6.07, 6.45) is 1.41. The summed E-state index contributed by atoms with van der Waals surface area (Å²) in [4.78, 5) is 18.0. The Bertz CT molecular complexity index is 684. The Morgan fingerprint density at radius 3 is 2.55 bits per heavy atom. The normalized spacial score (nSPS) is 9.90. The van der Waals surface area contributed by atoms with Crippen molar-refractivity contribution >= 4 is 11.6 Å². The third-order valence-electron chi connectivity index (χ3n) is 3.13. The number of hydrogen-bond acceptors (Lipinski definition) is 3. The van der Waals surface area contributed by atoms with Gasteiger partial charge in [-0.25, -0.2) is 4.98 Å². The van der Waals surface area contributed by atoms with Crippen LogP contribution in [0.3, 0.4) is 0 Å². The molecule has 0 saturated heterocycles. The maximum Gasteiger partial charge on any atom is 0.276 e. The fourth-order valence-electron chi connectivity index (χ4n) is 2.05. The van der Waals surface area contributed by atoms with Gasteiger partial charge in [0.25, 0.3) is 5.91 Å². The Morgan fingerprint density at radius 1 is 1.25 bits per heavy atom. The van der Waals surface area contributed by atoms with Crippen LogP contribution in [0.25, 0.3) is 0 Å². The number of aryl methyl sites for hydroxylation is 2. The molecule has 0 N–H and O–H groups in total. The quantitative estimate of drug-likeness (QED) is 0.839. The lowest BCUT2D eigenvalue weighted by molar-refractivity contribution is 0.0988. The number of benzene rings is 1. The molecular formula is C16H15N3O. The Morgan fingerprint density at radius 2 is 2.00 bits per heavy atom. The summed E-state index contributed by atoms with van der Waals surface area (Å²) >= 11 is 0. The molecule has 0 aliphatic rings. The zero-order chi connectivity index (χ0) is 14.7. The molecule has 1 aromatic carbocycles. The number of carbonyl (C=O) groups excluding carboxylic acids is 1. The van der Waals surface area contributed by atoms with Crippen LogP contribution in [0.15, 0.2) is 36.5 Å². The molecule has 0 saturated carbocycles. The number of hydrogen-bond donors (Lipinski definition) is 0. The van der Waals surface area contributed by atoms with Crippen LogP contribution in [0, 0.1) is 25.2 Å². The monoisotopic (exact) mass is 265 g/mol. The van der Waals surface area contributed by atoms with Crippen LogP contribution in [0.4, 0.5) is 5.69 Å². The first-order valence-corrected chi connectivity index (χ1v) is 6.24. The summed E-state index contributed by atoms with van der Waals surface area (Å²) in [5, 5.41) is 8.73. The second-order valence-corrected chi connectivity index (χ2v) is 4.70. The summed E-state index contributed by atoms with van der Waals surface area (Å²) in [7, 11) is 1.72. The van der Waals surface area contributed by atoms with Gasteiger partial charge in [0.15, 0.2) is 0 Å². The van der Waals surface area contributed by atoms with Gasteiger partial charge in [0.05, 0.1) is 5.56 Å². The maximum atomic E-state index is 12.4. The maximum absolute atomic E-state index is 12.4. The number of rotatable bonds is 2. The first-order chi connectivity index (χ1) is 9.52. The zero-order valence-corrected chi connectivity index (χ0v) is 11.7. The van der Waals surface area contributed by atoms with E-state index in [1.54, 1.807) is 24.1 Å². The SMILES string of the molecule is Cc1ccc(N(C)C(=O)c2ccc(C#N)cn2)c(C)c1. The number of nitrogens with zero attached hydrogens (tertiary/aromatic N) is 3. The Kier molecular flexibility index (Phi) is 3.81. The first kappa shape index (κ1) is 13.8. The van der Waals surface area contributed by atoms with Crippen molar-refractivity contribution in [2.24, 2.45) is 0 Å². The topological polar surface area (TPSA) is 57.0 Å². The smallest absolute Gasteiger partial charge is 0.276 e. The number of nitriles is 1. The van der Waals surface area contributed by atoms with Crippen molar-refractivity contribution in [1.29, 1.82) is 5.26 Å². The van der Waals surface area contributed by atoms with Gasteiger partial charge in [0, 0.05) is 18.9 Å². The standard InChI is InChI=1S/C16H15N3O/c1-11-4-7-15(12(2)8-11)19(3)16(20)14-6-5-13(9-17)10-18-14/h4-8,10H,1-3H3. The van der Waals surface area contributed by atoms with Gasteiger partial charge in [-0.1, -0.05) is 17.7 Å². The lowest BCUT2D eigenvalue weighted by atomic mass is 10.1. The second-order valence-electron chi connectivity index (χ2n) is 4.70. The molecule has 0 atom stereocenters. The van der Waals surface area contributed by atoms with Gasteiger partial charge < -0.3 is 4.90 Å². The molecule has 4 nitrogen and oxygen atoms in total. The van der Waals surface area contributed by atoms with E-state index in [0.29, 0.717) is 11.3 Å². The fourth-order valence-corrected chi connectivity index (χ4v) is 2.05. The highest BCUT2D eigenvalue weighted by molar-refractivity contribution is 6.04. The molecule has 1 aromatic heterocycles. The molecule has 1 heterocycles. The minimum Gasteiger partial charge on any atom is -0.310 e. The minimum atomic E-state index is -0.193. The highest BCUT2D eigenvalue weighted by Gasteiger charge is 2.16. The molecule has 0 fully saturated rings. The van der Waals surface area contributed by atoms with E-state index in [1.165, 1.54) is 6.20 Å². The van der Waals surface area contributed by atoms with Gasteiger partial charge in [0.1, 0.15) is 11.8 Å². The van der Waals surface area contributed by atoms with E-state index in [0.717, 1.165) is 16.8 Å². The van der Waals surface area contributed by atoms with Gasteiger partial charge in [-0.3, -0.25) is 4.79 Å². The molecule has 0 spiro atoms. The van der Waals surface area contributed by atoms with E-state index in [1.807, 2.05) is 38.1 Å². The van der Waals surface area contributed by atoms with E-state index < -0.39 is 0 Å². The predicted octanol–water partition coefficient (Wildman–Crippen LogP) is 2.85. The highest BCUT2D eigenvalue weighted by Crippen LogP contribution is 2.21. The second kappa shape index (κ2) is 5.54. The average Bonchev–Trinajstić information content (AvgIpc) is 2.46. The van der Waals surface area contributed by atoms with Crippen molar-refractivity contribution < 1.29 is 4.79 Å². The van der Waals surface area contributed by atoms with Gasteiger partial charge in [0.2, 0.25) is 0 Å². The van der Waals surface area contributed by atoms with Crippen LogP contribution in [0.5, 0.6) is 0 Å². The number of pyridine rings is 1. The van der Waals surface area contributed by atoms with E-state index in [-0.39, 0.29) is 5.91 Å². The van der Waals surface area contributed by atoms with Crippen LogP contribution in [0.2, 0.25) is 0 Å². The Hall–Kier alpha value is -2.67. The number of carbonyl (C=O) groups is 1. The molecule has 100 valence electrons. The number of aromatic nitrogens is 1. The zero-order valence-electron chi connectivity index (χ0n) is 11.7. The van der Waals surface area contributed by atoms with Crippen molar-refractivity contribution in [3.8, 4) is 6.07 Å². The molecule has 1 amide bonds. The predicted molar refractivity (Wildman–Crippen MR) is 77.6 cm³/mol. The van der Waals surface area contributed by atoms with Gasteiger partial charge in [-0.2, -0.15) is 5.26 Å². The van der Waals surface area contributed by atoms with Crippen LogP contribution < -0.4 is 4.90 Å². The summed E-state index contributed by atoms with van der Waals surface area (Å²) in [6, 6.07) is 11.1. The lowest BCUT2D eigenvalue weighted by Crippen LogP contribution is -2.27. The first-order valence-electron chi connectivity index (χ1n) is 6.24. The van der Waals surface area contributed by atoms with E-state index >= 15 is 0 Å². The molecule has 2 rings (SSSR count). The van der Waals surface area contributed by atoms with Gasteiger partial charge >= 0.3 is 0 Å². The molecule has 0 radical (unpaired) electrons. The lowest BCUT2D eigenvalue weighted by Gasteiger charge is -2.19. The van der Waals surface area contributed by atoms with Crippen molar-refractivity contribution in [2.75, 3.05) is 11.9 Å². The molecule has 0 unspecified atom stereocenters. The highest BCUT2D eigenvalue weighted by atomic mass is 16.2. The van der Waals surface area contributed by atoms with Crippen molar-refractivity contribution in [1.82, 2.24) is 4.98 Å².